The summed E-state index contributed by atoms with van der Waals surface area (Å²) in [6.45, 7) is 0.734. The molecule has 1 aliphatic rings. The lowest BCUT2D eigenvalue weighted by molar-refractivity contribution is -0.123. The van der Waals surface area contributed by atoms with E-state index < -0.39 is 11.9 Å². The minimum absolute atomic E-state index is 0.194. The van der Waals surface area contributed by atoms with Gasteiger partial charge in [0.1, 0.15) is 18.4 Å². The first-order chi connectivity index (χ1) is 15.0. The Morgan fingerprint density at radius 3 is 2.74 bits per heavy atom. The van der Waals surface area contributed by atoms with Crippen molar-refractivity contribution in [1.82, 2.24) is 10.6 Å². The van der Waals surface area contributed by atoms with E-state index in [9.17, 15) is 9.59 Å². The number of ether oxygens (including phenoxy) is 3. The maximum Gasteiger partial charge on any atom is 0.253 e. The van der Waals surface area contributed by atoms with Gasteiger partial charge in [-0.3, -0.25) is 9.59 Å². The van der Waals surface area contributed by atoms with E-state index in [-0.39, 0.29) is 36.4 Å². The number of benzene rings is 2. The zero-order valence-electron chi connectivity index (χ0n) is 16.8. The molecule has 2 aromatic carbocycles. The van der Waals surface area contributed by atoms with Crippen molar-refractivity contribution in [3.63, 3.8) is 0 Å². The Balaban J connectivity index is 1.51. The summed E-state index contributed by atoms with van der Waals surface area (Å²) in [5.41, 5.74) is 0.263. The number of thioether (sulfide) groups is 1. The van der Waals surface area contributed by atoms with Gasteiger partial charge in [0.2, 0.25) is 12.7 Å². The quantitative estimate of drug-likeness (QED) is 0.499. The second-order valence-corrected chi connectivity index (χ2v) is 8.42. The van der Waals surface area contributed by atoms with Crippen LogP contribution >= 0.6 is 35.0 Å². The van der Waals surface area contributed by atoms with Gasteiger partial charge in [-0.15, -0.1) is 0 Å². The summed E-state index contributed by atoms with van der Waals surface area (Å²) < 4.78 is 16.2. The second-order valence-electron chi connectivity index (χ2n) is 6.59. The lowest BCUT2D eigenvalue weighted by Gasteiger charge is -2.19. The van der Waals surface area contributed by atoms with Crippen molar-refractivity contribution in [1.29, 1.82) is 0 Å². The zero-order valence-corrected chi connectivity index (χ0v) is 19.1. The summed E-state index contributed by atoms with van der Waals surface area (Å²) in [4.78, 5) is 25.2. The second kappa shape index (κ2) is 11.4. The first-order valence-corrected chi connectivity index (χ1v) is 11.7. The summed E-state index contributed by atoms with van der Waals surface area (Å²) in [5, 5.41) is 6.21. The fraction of sp³-hybridized carbons (Fsp3) is 0.333. The van der Waals surface area contributed by atoms with Crippen LogP contribution in [0.15, 0.2) is 36.4 Å². The lowest BCUT2D eigenvalue weighted by Crippen LogP contribution is -2.48. The molecule has 7 nitrogen and oxygen atoms in total. The molecule has 2 aromatic rings. The van der Waals surface area contributed by atoms with Gasteiger partial charge >= 0.3 is 0 Å². The number of amides is 2. The van der Waals surface area contributed by atoms with Gasteiger partial charge in [0.15, 0.2) is 11.5 Å². The largest absolute Gasteiger partial charge is 0.492 e. The summed E-state index contributed by atoms with van der Waals surface area (Å²) in [5.74, 6) is 1.90. The van der Waals surface area contributed by atoms with Crippen LogP contribution in [0, 0.1) is 0 Å². The molecule has 0 radical (unpaired) electrons. The van der Waals surface area contributed by atoms with Gasteiger partial charge in [-0.05, 0) is 48.8 Å². The Morgan fingerprint density at radius 1 is 1.16 bits per heavy atom. The Labute approximate surface area is 194 Å². The highest BCUT2D eigenvalue weighted by Crippen LogP contribution is 2.35. The number of fused-ring (bicyclic) bond motifs is 1. The Kier molecular flexibility index (Phi) is 8.57. The van der Waals surface area contributed by atoms with Crippen LogP contribution in [0.25, 0.3) is 0 Å². The molecule has 0 aliphatic carbocycles. The molecule has 0 spiro atoms. The number of carbonyl (C=O) groups is 2. The van der Waals surface area contributed by atoms with E-state index in [4.69, 9.17) is 37.4 Å². The zero-order chi connectivity index (χ0) is 22.2. The predicted octanol–water partition coefficient (Wildman–Crippen LogP) is 3.77. The average Bonchev–Trinajstić information content (AvgIpc) is 3.21. The van der Waals surface area contributed by atoms with Crippen LogP contribution in [0.2, 0.25) is 10.0 Å². The van der Waals surface area contributed by atoms with Gasteiger partial charge in [0.25, 0.3) is 5.91 Å². The van der Waals surface area contributed by atoms with E-state index in [0.717, 1.165) is 0 Å². The monoisotopic (exact) mass is 484 g/mol. The maximum atomic E-state index is 12.6. The molecule has 0 aromatic heterocycles. The van der Waals surface area contributed by atoms with Crippen LogP contribution in [0.1, 0.15) is 16.8 Å². The summed E-state index contributed by atoms with van der Waals surface area (Å²) >= 11 is 13.6. The molecule has 1 aliphatic heterocycles. The van der Waals surface area contributed by atoms with Crippen molar-refractivity contribution < 1.29 is 23.8 Å². The summed E-state index contributed by atoms with van der Waals surface area (Å²) in [6.07, 6.45) is 2.42. The molecule has 3 rings (SSSR count). The van der Waals surface area contributed by atoms with Crippen molar-refractivity contribution in [2.45, 2.75) is 12.5 Å². The maximum absolute atomic E-state index is 12.6. The molecule has 166 valence electrons. The van der Waals surface area contributed by atoms with Crippen molar-refractivity contribution >= 4 is 46.8 Å². The normalized spacial score (nSPS) is 12.9. The Bertz CT molecular complexity index is 944. The number of rotatable bonds is 10. The molecule has 2 amide bonds. The minimum atomic E-state index is -0.697. The standard InChI is InChI=1S/C21H22Cl2N2O5S/c1-31-9-6-17(25-20(26)15-4-2-13(22)10-16(15)23)21(27)24-7-8-28-14-3-5-18-19(11-14)30-12-29-18/h2-5,10-11,17H,6-9,12H2,1H3,(H,24,27)(H,25,26). The average molecular weight is 485 g/mol. The Hall–Kier alpha value is -2.29. The highest BCUT2D eigenvalue weighted by atomic mass is 35.5. The van der Waals surface area contributed by atoms with E-state index in [0.29, 0.717) is 34.4 Å². The van der Waals surface area contributed by atoms with Crippen molar-refractivity contribution in [3.8, 4) is 17.2 Å². The number of nitrogens with one attached hydrogen (secondary N) is 2. The topological polar surface area (TPSA) is 85.9 Å². The van der Waals surface area contributed by atoms with Crippen LogP contribution in [0.3, 0.4) is 0 Å². The molecular formula is C21H22Cl2N2O5S. The lowest BCUT2D eigenvalue weighted by atomic mass is 10.1. The van der Waals surface area contributed by atoms with Crippen molar-refractivity contribution in [2.75, 3.05) is 32.0 Å². The molecule has 0 saturated heterocycles. The first kappa shape index (κ1) is 23.4. The molecule has 0 fully saturated rings. The van der Waals surface area contributed by atoms with E-state index in [2.05, 4.69) is 10.6 Å². The molecule has 31 heavy (non-hydrogen) atoms. The van der Waals surface area contributed by atoms with E-state index >= 15 is 0 Å². The molecule has 2 N–H and O–H groups in total. The predicted molar refractivity (Wildman–Crippen MR) is 122 cm³/mol. The minimum Gasteiger partial charge on any atom is -0.492 e. The highest BCUT2D eigenvalue weighted by Gasteiger charge is 2.22. The molecule has 1 heterocycles. The first-order valence-electron chi connectivity index (χ1n) is 9.53. The van der Waals surface area contributed by atoms with Gasteiger partial charge < -0.3 is 24.8 Å². The van der Waals surface area contributed by atoms with E-state index in [1.807, 2.05) is 6.26 Å². The fourth-order valence-corrected chi connectivity index (χ4v) is 3.81. The fourth-order valence-electron chi connectivity index (χ4n) is 2.85. The highest BCUT2D eigenvalue weighted by molar-refractivity contribution is 7.98. The number of halogens is 2. The number of carbonyl (C=O) groups excluding carboxylic acids is 2. The Morgan fingerprint density at radius 2 is 1.97 bits per heavy atom. The van der Waals surface area contributed by atoms with Crippen molar-refractivity contribution in [2.24, 2.45) is 0 Å². The molecule has 0 bridgehead atoms. The third kappa shape index (κ3) is 6.59. The third-order valence-corrected chi connectivity index (χ3v) is 5.61. The number of hydrogen-bond donors (Lipinski definition) is 2. The van der Waals surface area contributed by atoms with Crippen LogP contribution in [0.5, 0.6) is 17.2 Å². The van der Waals surface area contributed by atoms with Gasteiger partial charge in [-0.2, -0.15) is 11.8 Å². The van der Waals surface area contributed by atoms with Crippen LogP contribution in [0.4, 0.5) is 0 Å². The van der Waals surface area contributed by atoms with Gasteiger partial charge in [0.05, 0.1) is 17.1 Å². The van der Waals surface area contributed by atoms with Gasteiger partial charge in [0, 0.05) is 11.1 Å². The molecule has 0 saturated carbocycles. The molecular weight excluding hydrogens is 463 g/mol. The summed E-state index contributed by atoms with van der Waals surface area (Å²) in [6, 6.07) is 9.18. The van der Waals surface area contributed by atoms with Gasteiger partial charge in [-0.1, -0.05) is 23.2 Å². The van der Waals surface area contributed by atoms with E-state index in [1.54, 1.807) is 36.0 Å². The summed E-state index contributed by atoms with van der Waals surface area (Å²) in [7, 11) is 0. The van der Waals surface area contributed by atoms with Crippen LogP contribution in [-0.2, 0) is 4.79 Å². The smallest absolute Gasteiger partial charge is 0.253 e. The van der Waals surface area contributed by atoms with E-state index in [1.165, 1.54) is 12.1 Å². The van der Waals surface area contributed by atoms with Gasteiger partial charge in [-0.25, -0.2) is 0 Å². The SMILES string of the molecule is CSCCC(NC(=O)c1ccc(Cl)cc1Cl)C(=O)NCCOc1ccc2c(c1)OCO2. The molecule has 1 unspecified atom stereocenters. The third-order valence-electron chi connectivity index (χ3n) is 4.42. The van der Waals surface area contributed by atoms with Crippen molar-refractivity contribution in [3.05, 3.63) is 52.0 Å². The number of hydrogen-bond acceptors (Lipinski definition) is 6. The van der Waals surface area contributed by atoms with Crippen LogP contribution < -0.4 is 24.8 Å². The van der Waals surface area contributed by atoms with Crippen LogP contribution in [-0.4, -0.2) is 49.8 Å². The molecule has 10 heteroatoms. The molecule has 1 atom stereocenters.